The van der Waals surface area contributed by atoms with E-state index in [-0.39, 0.29) is 5.41 Å². The Morgan fingerprint density at radius 1 is 0.386 bits per heavy atom. The number of benzene rings is 9. The van der Waals surface area contributed by atoms with Crippen molar-refractivity contribution < 1.29 is 0 Å². The van der Waals surface area contributed by atoms with Crippen molar-refractivity contribution in [2.24, 2.45) is 0 Å². The minimum absolute atomic E-state index is 0.0888. The SMILES string of the molecule is CC1(C)c2ccccc2-c2ccc(N(c3ccc(-c4ccc(-c5ccc6c7ccccc7n(-c7ccccc7)c6c5)cc4)cc3)c3cccc4ccccc34)cc21. The first-order valence-electron chi connectivity index (χ1n) is 19.8. The molecule has 0 saturated carbocycles. The zero-order valence-electron chi connectivity index (χ0n) is 32.0. The fraction of sp³-hybridized carbons (Fsp3) is 0.0545. The van der Waals surface area contributed by atoms with E-state index in [9.17, 15) is 0 Å². The Morgan fingerprint density at radius 2 is 0.965 bits per heavy atom. The summed E-state index contributed by atoms with van der Waals surface area (Å²) < 4.78 is 2.38. The number of para-hydroxylation sites is 2. The Kier molecular flexibility index (Phi) is 7.55. The summed E-state index contributed by atoms with van der Waals surface area (Å²) >= 11 is 0. The Balaban J connectivity index is 0.961. The molecule has 1 aliphatic carbocycles. The molecule has 0 aliphatic heterocycles. The number of fused-ring (bicyclic) bond motifs is 7. The number of anilines is 3. The minimum atomic E-state index is -0.0888. The summed E-state index contributed by atoms with van der Waals surface area (Å²) in [4.78, 5) is 2.43. The summed E-state index contributed by atoms with van der Waals surface area (Å²) in [6.45, 7) is 4.71. The Labute approximate surface area is 333 Å². The third kappa shape index (κ3) is 5.33. The van der Waals surface area contributed by atoms with Crippen LogP contribution < -0.4 is 4.90 Å². The fourth-order valence-electron chi connectivity index (χ4n) is 9.33. The van der Waals surface area contributed by atoms with Crippen molar-refractivity contribution in [2.75, 3.05) is 4.90 Å². The van der Waals surface area contributed by atoms with Crippen molar-refractivity contribution in [1.29, 1.82) is 0 Å². The molecule has 9 aromatic carbocycles. The molecule has 0 saturated heterocycles. The molecule has 0 fully saturated rings. The average molecular weight is 729 g/mol. The Hall–Kier alpha value is -7.16. The second-order valence-electron chi connectivity index (χ2n) is 15.8. The molecular weight excluding hydrogens is 689 g/mol. The van der Waals surface area contributed by atoms with E-state index in [1.54, 1.807) is 0 Å². The molecule has 270 valence electrons. The molecule has 0 spiro atoms. The highest BCUT2D eigenvalue weighted by Gasteiger charge is 2.35. The van der Waals surface area contributed by atoms with Crippen LogP contribution in [0.15, 0.2) is 206 Å². The van der Waals surface area contributed by atoms with Crippen LogP contribution in [0.4, 0.5) is 17.1 Å². The number of nitrogens with zero attached hydrogens (tertiary/aromatic N) is 2. The molecule has 1 heterocycles. The maximum atomic E-state index is 2.43. The van der Waals surface area contributed by atoms with Gasteiger partial charge in [0.1, 0.15) is 0 Å². The van der Waals surface area contributed by atoms with Crippen molar-refractivity contribution in [3.8, 4) is 39.1 Å². The number of hydrogen-bond acceptors (Lipinski definition) is 1. The van der Waals surface area contributed by atoms with Gasteiger partial charge in [0.15, 0.2) is 0 Å². The fourth-order valence-corrected chi connectivity index (χ4v) is 9.33. The lowest BCUT2D eigenvalue weighted by Gasteiger charge is -2.29. The maximum absolute atomic E-state index is 2.43. The third-order valence-corrected chi connectivity index (χ3v) is 12.2. The smallest absolute Gasteiger partial charge is 0.0547 e. The zero-order valence-corrected chi connectivity index (χ0v) is 32.0. The zero-order chi connectivity index (χ0) is 38.1. The van der Waals surface area contributed by atoms with Crippen LogP contribution in [-0.4, -0.2) is 4.57 Å². The molecule has 11 rings (SSSR count). The largest absolute Gasteiger partial charge is 0.310 e. The van der Waals surface area contributed by atoms with Gasteiger partial charge >= 0.3 is 0 Å². The normalized spacial score (nSPS) is 12.9. The van der Waals surface area contributed by atoms with Crippen LogP contribution in [0.3, 0.4) is 0 Å². The lowest BCUT2D eigenvalue weighted by molar-refractivity contribution is 0.660. The van der Waals surface area contributed by atoms with Crippen molar-refractivity contribution >= 4 is 49.6 Å². The quantitative estimate of drug-likeness (QED) is 0.165. The van der Waals surface area contributed by atoms with Crippen LogP contribution in [0, 0.1) is 0 Å². The van der Waals surface area contributed by atoms with Gasteiger partial charge in [-0.05, 0) is 104 Å². The van der Waals surface area contributed by atoms with Crippen LogP contribution in [0.1, 0.15) is 25.0 Å². The van der Waals surface area contributed by atoms with Crippen LogP contribution in [-0.2, 0) is 5.41 Å². The molecule has 0 atom stereocenters. The lowest BCUT2D eigenvalue weighted by Crippen LogP contribution is -2.16. The Bertz CT molecular complexity index is 3130. The van der Waals surface area contributed by atoms with Crippen LogP contribution >= 0.6 is 0 Å². The van der Waals surface area contributed by atoms with E-state index in [4.69, 9.17) is 0 Å². The minimum Gasteiger partial charge on any atom is -0.310 e. The molecule has 0 unspecified atom stereocenters. The van der Waals surface area contributed by atoms with Crippen LogP contribution in [0.25, 0.3) is 71.6 Å². The highest BCUT2D eigenvalue weighted by atomic mass is 15.1. The number of aromatic nitrogens is 1. The topological polar surface area (TPSA) is 8.17 Å². The Morgan fingerprint density at radius 3 is 1.77 bits per heavy atom. The van der Waals surface area contributed by atoms with Gasteiger partial charge in [0.2, 0.25) is 0 Å². The summed E-state index contributed by atoms with van der Waals surface area (Å²) in [6.07, 6.45) is 0. The van der Waals surface area contributed by atoms with E-state index in [0.717, 1.165) is 11.4 Å². The van der Waals surface area contributed by atoms with Crippen molar-refractivity contribution in [2.45, 2.75) is 19.3 Å². The summed E-state index contributed by atoms with van der Waals surface area (Å²) in [5.74, 6) is 0. The van der Waals surface area contributed by atoms with Crippen LogP contribution in [0.2, 0.25) is 0 Å². The molecule has 0 bridgehead atoms. The summed E-state index contributed by atoms with van der Waals surface area (Å²) in [5.41, 5.74) is 17.2. The molecule has 2 nitrogen and oxygen atoms in total. The van der Waals surface area contributed by atoms with Gasteiger partial charge in [-0.25, -0.2) is 0 Å². The maximum Gasteiger partial charge on any atom is 0.0547 e. The second-order valence-corrected chi connectivity index (χ2v) is 15.8. The van der Waals surface area contributed by atoms with Gasteiger partial charge in [0.05, 0.1) is 16.7 Å². The van der Waals surface area contributed by atoms with Gasteiger partial charge in [-0.15, -0.1) is 0 Å². The summed E-state index contributed by atoms with van der Waals surface area (Å²) in [5, 5.41) is 4.99. The highest BCUT2D eigenvalue weighted by Crippen LogP contribution is 2.51. The average Bonchev–Trinajstić information content (AvgIpc) is 3.72. The molecule has 0 radical (unpaired) electrons. The van der Waals surface area contributed by atoms with E-state index in [1.165, 1.54) is 88.5 Å². The van der Waals surface area contributed by atoms with Gasteiger partial charge in [0, 0.05) is 38.6 Å². The predicted octanol–water partition coefficient (Wildman–Crippen LogP) is 15.0. The molecule has 1 aliphatic rings. The van der Waals surface area contributed by atoms with E-state index in [0.29, 0.717) is 0 Å². The highest BCUT2D eigenvalue weighted by molar-refractivity contribution is 6.10. The van der Waals surface area contributed by atoms with Crippen molar-refractivity contribution in [1.82, 2.24) is 4.57 Å². The van der Waals surface area contributed by atoms with Crippen molar-refractivity contribution in [3.63, 3.8) is 0 Å². The van der Waals surface area contributed by atoms with Gasteiger partial charge < -0.3 is 9.47 Å². The molecule has 0 amide bonds. The van der Waals surface area contributed by atoms with Gasteiger partial charge in [-0.1, -0.05) is 166 Å². The molecule has 57 heavy (non-hydrogen) atoms. The lowest BCUT2D eigenvalue weighted by atomic mass is 9.82. The van der Waals surface area contributed by atoms with Crippen LogP contribution in [0.5, 0.6) is 0 Å². The second kappa shape index (κ2) is 13.0. The standard InChI is InChI=1S/C55H40N2/c1-55(2)50-20-10-8-18-46(50)47-34-32-44(36-51(47)55)56(52-22-12-14-40-13-6-7-17-45(40)52)43-30-27-38(28-31-43)37-23-25-39(26-24-37)41-29-33-49-48-19-9-11-21-53(48)57(54(49)35-41)42-15-4-3-5-16-42/h3-36H,1-2H3. The summed E-state index contributed by atoms with van der Waals surface area (Å²) in [6, 6.07) is 75.6. The predicted molar refractivity (Wildman–Crippen MR) is 241 cm³/mol. The molecule has 10 aromatic rings. The molecular formula is C55H40N2. The van der Waals surface area contributed by atoms with E-state index < -0.39 is 0 Å². The molecule has 0 N–H and O–H groups in total. The monoisotopic (exact) mass is 728 g/mol. The van der Waals surface area contributed by atoms with Gasteiger partial charge in [0.25, 0.3) is 0 Å². The van der Waals surface area contributed by atoms with Crippen molar-refractivity contribution in [3.05, 3.63) is 217 Å². The first kappa shape index (κ1) is 33.2. The van der Waals surface area contributed by atoms with Gasteiger partial charge in [-0.2, -0.15) is 0 Å². The number of hydrogen-bond donors (Lipinski definition) is 0. The van der Waals surface area contributed by atoms with E-state index in [2.05, 4.69) is 230 Å². The number of rotatable bonds is 6. The summed E-state index contributed by atoms with van der Waals surface area (Å²) in [7, 11) is 0. The van der Waals surface area contributed by atoms with Gasteiger partial charge in [-0.3, -0.25) is 0 Å². The molecule has 1 aromatic heterocycles. The third-order valence-electron chi connectivity index (χ3n) is 12.2. The first-order chi connectivity index (χ1) is 28.0. The van der Waals surface area contributed by atoms with E-state index >= 15 is 0 Å². The first-order valence-corrected chi connectivity index (χ1v) is 19.8. The van der Waals surface area contributed by atoms with E-state index in [1.807, 2.05) is 0 Å². The molecule has 2 heteroatoms.